The molecular weight excluding hydrogens is 274 g/mol. The number of piperidine rings is 1. The molecule has 20 heavy (non-hydrogen) atoms. The van der Waals surface area contributed by atoms with E-state index in [2.05, 4.69) is 0 Å². The highest BCUT2D eigenvalue weighted by Crippen LogP contribution is 2.24. The largest absolute Gasteiger partial charge is 0.480 e. The minimum absolute atomic E-state index is 0.162. The molecule has 0 unspecified atom stereocenters. The fourth-order valence-electron chi connectivity index (χ4n) is 2.54. The van der Waals surface area contributed by atoms with Crippen LogP contribution in [0.1, 0.15) is 35.2 Å². The van der Waals surface area contributed by atoms with Crippen molar-refractivity contribution in [2.45, 2.75) is 37.1 Å². The van der Waals surface area contributed by atoms with Crippen molar-refractivity contribution in [3.8, 4) is 0 Å². The van der Waals surface area contributed by atoms with Crippen LogP contribution in [0.3, 0.4) is 0 Å². The van der Waals surface area contributed by atoms with Gasteiger partial charge in [0.15, 0.2) is 0 Å². The first kappa shape index (κ1) is 14.9. The summed E-state index contributed by atoms with van der Waals surface area (Å²) in [5.74, 6) is -1.07. The Morgan fingerprint density at radius 3 is 2.75 bits per heavy atom. The fraction of sp³-hybridized carbons (Fsp3) is 0.467. The number of carbonyl (C=O) groups excluding carboxylic acids is 1. The van der Waals surface area contributed by atoms with E-state index in [4.69, 9.17) is 0 Å². The fourth-order valence-corrected chi connectivity index (χ4v) is 2.98. The zero-order chi connectivity index (χ0) is 14.7. The summed E-state index contributed by atoms with van der Waals surface area (Å²) in [5.41, 5.74) is 1.51. The smallest absolute Gasteiger partial charge is 0.326 e. The van der Waals surface area contributed by atoms with Gasteiger partial charge in [0.05, 0.1) is 0 Å². The van der Waals surface area contributed by atoms with Gasteiger partial charge in [-0.1, -0.05) is 6.07 Å². The number of benzene rings is 1. The van der Waals surface area contributed by atoms with E-state index in [-0.39, 0.29) is 5.91 Å². The molecule has 0 aromatic heterocycles. The van der Waals surface area contributed by atoms with Crippen LogP contribution in [0, 0.1) is 6.92 Å². The average molecular weight is 293 g/mol. The molecule has 108 valence electrons. The molecule has 1 amide bonds. The summed E-state index contributed by atoms with van der Waals surface area (Å²) in [6, 6.07) is 5.06. The van der Waals surface area contributed by atoms with Gasteiger partial charge in [-0.05, 0) is 50.1 Å². The minimum atomic E-state index is -0.906. The summed E-state index contributed by atoms with van der Waals surface area (Å²) >= 11 is 1.58. The van der Waals surface area contributed by atoms with Crippen LogP contribution in [0.2, 0.25) is 0 Å². The van der Waals surface area contributed by atoms with E-state index in [9.17, 15) is 14.7 Å². The highest BCUT2D eigenvalue weighted by atomic mass is 32.2. The van der Waals surface area contributed by atoms with E-state index in [0.29, 0.717) is 18.5 Å². The molecule has 0 bridgehead atoms. The standard InChI is InChI=1S/C15H19NO3S/c1-10-6-7-11(20-2)9-12(10)14(17)16-8-4-3-5-13(16)15(18)19/h6-7,9,13H,3-5,8H2,1-2H3,(H,18,19)/t13-/m1/s1. The summed E-state index contributed by atoms with van der Waals surface area (Å²) in [6.45, 7) is 2.41. The molecule has 0 radical (unpaired) electrons. The molecule has 1 atom stereocenters. The molecule has 1 aliphatic rings. The van der Waals surface area contributed by atoms with E-state index in [0.717, 1.165) is 23.3 Å². The lowest BCUT2D eigenvalue weighted by atomic mass is 9.99. The highest BCUT2D eigenvalue weighted by molar-refractivity contribution is 7.98. The maximum Gasteiger partial charge on any atom is 0.326 e. The molecule has 5 heteroatoms. The van der Waals surface area contributed by atoms with Crippen molar-refractivity contribution in [2.75, 3.05) is 12.8 Å². The number of hydrogen-bond donors (Lipinski definition) is 1. The molecule has 0 spiro atoms. The van der Waals surface area contributed by atoms with Gasteiger partial charge in [0.25, 0.3) is 5.91 Å². The number of aryl methyl sites for hydroxylation is 1. The Bertz CT molecular complexity index is 530. The van der Waals surface area contributed by atoms with Crippen LogP contribution >= 0.6 is 11.8 Å². The Morgan fingerprint density at radius 2 is 2.10 bits per heavy atom. The molecule has 0 saturated carbocycles. The van der Waals surface area contributed by atoms with Crippen molar-refractivity contribution >= 4 is 23.6 Å². The number of hydrogen-bond acceptors (Lipinski definition) is 3. The van der Waals surface area contributed by atoms with Gasteiger partial charge in [-0.15, -0.1) is 11.8 Å². The number of nitrogens with zero attached hydrogens (tertiary/aromatic N) is 1. The van der Waals surface area contributed by atoms with Crippen molar-refractivity contribution in [3.63, 3.8) is 0 Å². The third-order valence-electron chi connectivity index (χ3n) is 3.72. The first-order valence-electron chi connectivity index (χ1n) is 6.73. The summed E-state index contributed by atoms with van der Waals surface area (Å²) < 4.78 is 0. The van der Waals surface area contributed by atoms with Gasteiger partial charge in [-0.2, -0.15) is 0 Å². The van der Waals surface area contributed by atoms with E-state index >= 15 is 0 Å². The van der Waals surface area contributed by atoms with Crippen molar-refractivity contribution in [2.24, 2.45) is 0 Å². The Labute approximate surface area is 123 Å². The van der Waals surface area contributed by atoms with Crippen LogP contribution in [0.4, 0.5) is 0 Å². The lowest BCUT2D eigenvalue weighted by molar-refractivity contribution is -0.143. The van der Waals surface area contributed by atoms with E-state index < -0.39 is 12.0 Å². The molecule has 1 aromatic rings. The van der Waals surface area contributed by atoms with Crippen molar-refractivity contribution in [1.29, 1.82) is 0 Å². The van der Waals surface area contributed by atoms with Crippen molar-refractivity contribution < 1.29 is 14.7 Å². The normalized spacial score (nSPS) is 18.9. The third-order valence-corrected chi connectivity index (χ3v) is 4.45. The molecule has 1 aromatic carbocycles. The van der Waals surface area contributed by atoms with Gasteiger partial charge in [0.2, 0.25) is 0 Å². The minimum Gasteiger partial charge on any atom is -0.480 e. The van der Waals surface area contributed by atoms with Gasteiger partial charge in [0, 0.05) is 17.0 Å². The van der Waals surface area contributed by atoms with Crippen LogP contribution in [0.25, 0.3) is 0 Å². The topological polar surface area (TPSA) is 57.6 Å². The Balaban J connectivity index is 2.31. The van der Waals surface area contributed by atoms with Gasteiger partial charge < -0.3 is 10.0 Å². The average Bonchev–Trinajstić information content (AvgIpc) is 2.47. The number of carboxylic acid groups (broad SMARTS) is 1. The molecular formula is C15H19NO3S. The molecule has 4 nitrogen and oxygen atoms in total. The van der Waals surface area contributed by atoms with Gasteiger partial charge in [0.1, 0.15) is 6.04 Å². The summed E-state index contributed by atoms with van der Waals surface area (Å²) in [4.78, 5) is 26.5. The zero-order valence-corrected chi connectivity index (χ0v) is 12.6. The number of aliphatic carboxylic acids is 1. The lowest BCUT2D eigenvalue weighted by Gasteiger charge is -2.33. The van der Waals surface area contributed by atoms with Crippen LogP contribution in [-0.2, 0) is 4.79 Å². The Morgan fingerprint density at radius 1 is 1.35 bits per heavy atom. The van der Waals surface area contributed by atoms with E-state index in [1.54, 1.807) is 11.8 Å². The SMILES string of the molecule is CSc1ccc(C)c(C(=O)N2CCCC[C@@H]2C(=O)O)c1. The lowest BCUT2D eigenvalue weighted by Crippen LogP contribution is -2.48. The third kappa shape index (κ3) is 2.98. The van der Waals surface area contributed by atoms with Gasteiger partial charge in [-0.25, -0.2) is 4.79 Å². The predicted octanol–water partition coefficient (Wildman–Crippen LogP) is 2.80. The molecule has 1 saturated heterocycles. The van der Waals surface area contributed by atoms with E-state index in [1.807, 2.05) is 31.4 Å². The number of thioether (sulfide) groups is 1. The Kier molecular flexibility index (Phi) is 4.70. The van der Waals surface area contributed by atoms with Crippen LogP contribution < -0.4 is 0 Å². The highest BCUT2D eigenvalue weighted by Gasteiger charge is 2.32. The zero-order valence-electron chi connectivity index (χ0n) is 11.8. The second kappa shape index (κ2) is 6.31. The van der Waals surface area contributed by atoms with Crippen LogP contribution in [-0.4, -0.2) is 40.7 Å². The summed E-state index contributed by atoms with van der Waals surface area (Å²) in [7, 11) is 0. The first-order chi connectivity index (χ1) is 9.54. The number of rotatable bonds is 3. The molecule has 1 fully saturated rings. The summed E-state index contributed by atoms with van der Waals surface area (Å²) in [5, 5.41) is 9.28. The molecule has 1 N–H and O–H groups in total. The first-order valence-corrected chi connectivity index (χ1v) is 7.95. The number of amides is 1. The summed E-state index contributed by atoms with van der Waals surface area (Å²) in [6.07, 6.45) is 4.24. The number of carbonyl (C=O) groups is 2. The molecule has 1 aliphatic heterocycles. The van der Waals surface area contributed by atoms with E-state index in [1.165, 1.54) is 4.90 Å². The predicted molar refractivity (Wildman–Crippen MR) is 79.3 cm³/mol. The second-order valence-electron chi connectivity index (χ2n) is 5.03. The quantitative estimate of drug-likeness (QED) is 0.871. The van der Waals surface area contributed by atoms with Gasteiger partial charge in [-0.3, -0.25) is 4.79 Å². The maximum atomic E-state index is 12.7. The second-order valence-corrected chi connectivity index (χ2v) is 5.91. The molecule has 2 rings (SSSR count). The maximum absolute atomic E-state index is 12.7. The van der Waals surface area contributed by atoms with Crippen LogP contribution in [0.15, 0.2) is 23.1 Å². The molecule has 0 aliphatic carbocycles. The van der Waals surface area contributed by atoms with Gasteiger partial charge >= 0.3 is 5.97 Å². The number of likely N-dealkylation sites (tertiary alicyclic amines) is 1. The van der Waals surface area contributed by atoms with Crippen LogP contribution in [0.5, 0.6) is 0 Å². The van der Waals surface area contributed by atoms with Crippen molar-refractivity contribution in [3.05, 3.63) is 29.3 Å². The number of carboxylic acids is 1. The molecule has 1 heterocycles. The Hall–Kier alpha value is -1.49. The van der Waals surface area contributed by atoms with Crippen molar-refractivity contribution in [1.82, 2.24) is 4.90 Å². The monoisotopic (exact) mass is 293 g/mol.